The fourth-order valence-corrected chi connectivity index (χ4v) is 1.62. The molecule has 0 fully saturated rings. The average molecular weight is 234 g/mol. The van der Waals surface area contributed by atoms with Crippen LogP contribution in [0.3, 0.4) is 0 Å². The Balaban J connectivity index is 2.80. The fraction of sp³-hybridized carbons (Fsp3) is 0.385. The first-order valence-corrected chi connectivity index (χ1v) is 5.84. The van der Waals surface area contributed by atoms with Gasteiger partial charge in [-0.15, -0.1) is 11.3 Å². The van der Waals surface area contributed by atoms with Crippen molar-refractivity contribution in [2.45, 2.75) is 25.9 Å². The van der Waals surface area contributed by atoms with Crippen molar-refractivity contribution >= 4 is 11.3 Å². The van der Waals surface area contributed by atoms with E-state index in [0.29, 0.717) is 6.42 Å². The second-order valence-corrected chi connectivity index (χ2v) is 4.58. The molecule has 0 aliphatic heterocycles. The van der Waals surface area contributed by atoms with Crippen LogP contribution in [0.2, 0.25) is 0 Å². The maximum atomic E-state index is 9.70. The first kappa shape index (κ1) is 12.8. The van der Waals surface area contributed by atoms with E-state index in [1.54, 1.807) is 6.92 Å². The zero-order valence-electron chi connectivity index (χ0n) is 9.37. The van der Waals surface area contributed by atoms with Crippen molar-refractivity contribution in [1.82, 2.24) is 0 Å². The molecule has 1 heterocycles. The van der Waals surface area contributed by atoms with Gasteiger partial charge in [0.05, 0.1) is 9.75 Å². The smallest absolute Gasteiger partial charge is 0.122 e. The molecule has 0 saturated heterocycles. The lowest BCUT2D eigenvalue weighted by molar-refractivity contribution is 0.118. The minimum atomic E-state index is -0.930. The summed E-state index contributed by atoms with van der Waals surface area (Å²) >= 11 is 1.45. The van der Waals surface area contributed by atoms with E-state index in [1.807, 2.05) is 19.1 Å². The van der Waals surface area contributed by atoms with Crippen LogP contribution >= 0.6 is 11.3 Å². The van der Waals surface area contributed by atoms with Crippen LogP contribution in [0.5, 0.6) is 0 Å². The summed E-state index contributed by atoms with van der Waals surface area (Å²) < 4.78 is 0. The molecule has 1 rings (SSSR count). The van der Waals surface area contributed by atoms with E-state index in [9.17, 15) is 5.11 Å². The van der Waals surface area contributed by atoms with Crippen LogP contribution in [0.25, 0.3) is 0 Å². The van der Waals surface area contributed by atoms with Crippen LogP contribution in [-0.2, 0) is 0 Å². The minimum Gasteiger partial charge on any atom is -0.384 e. The van der Waals surface area contributed by atoms with Gasteiger partial charge in [0.15, 0.2) is 0 Å². The molecule has 16 heavy (non-hydrogen) atoms. The Bertz CT molecular complexity index is 463. The summed E-state index contributed by atoms with van der Waals surface area (Å²) in [6.45, 7) is 3.45. The summed E-state index contributed by atoms with van der Waals surface area (Å²) in [4.78, 5) is 1.74. The van der Waals surface area contributed by atoms with Crippen molar-refractivity contribution in [3.05, 3.63) is 21.9 Å². The maximum Gasteiger partial charge on any atom is 0.122 e. The summed E-state index contributed by atoms with van der Waals surface area (Å²) in [6.07, 6.45) is 0.600. The first-order chi connectivity index (χ1) is 7.57. The second-order valence-electron chi connectivity index (χ2n) is 3.50. The molecule has 0 saturated carbocycles. The Morgan fingerprint density at radius 3 is 2.50 bits per heavy atom. The molecule has 3 heteroatoms. The highest BCUT2D eigenvalue weighted by Crippen LogP contribution is 2.15. The van der Waals surface area contributed by atoms with Crippen LogP contribution in [0, 0.1) is 23.7 Å². The summed E-state index contributed by atoms with van der Waals surface area (Å²) in [5.74, 6) is 11.1. The van der Waals surface area contributed by atoms with E-state index < -0.39 is 5.60 Å². The van der Waals surface area contributed by atoms with Gasteiger partial charge in [-0.25, -0.2) is 0 Å². The third kappa shape index (κ3) is 4.08. The molecule has 0 aliphatic carbocycles. The molecule has 1 atom stereocenters. The molecule has 2 nitrogen and oxygen atoms in total. The Kier molecular flexibility index (Phi) is 4.58. The topological polar surface area (TPSA) is 40.5 Å². The van der Waals surface area contributed by atoms with Crippen LogP contribution in [0.4, 0.5) is 0 Å². The number of rotatable bonds is 1. The van der Waals surface area contributed by atoms with Crippen LogP contribution in [0.15, 0.2) is 12.1 Å². The molecule has 2 N–H and O–H groups in total. The number of hydrogen-bond donors (Lipinski definition) is 2. The highest BCUT2D eigenvalue weighted by molar-refractivity contribution is 7.13. The lowest BCUT2D eigenvalue weighted by atomic mass is 10.1. The third-order valence-electron chi connectivity index (χ3n) is 2.04. The summed E-state index contributed by atoms with van der Waals surface area (Å²) in [6, 6.07) is 3.72. The molecule has 1 unspecified atom stereocenters. The molecular weight excluding hydrogens is 220 g/mol. The van der Waals surface area contributed by atoms with Crippen molar-refractivity contribution in [2.24, 2.45) is 0 Å². The Morgan fingerprint density at radius 1 is 1.31 bits per heavy atom. The second kappa shape index (κ2) is 5.72. The zero-order valence-corrected chi connectivity index (χ0v) is 10.2. The van der Waals surface area contributed by atoms with E-state index in [4.69, 9.17) is 5.11 Å². The predicted octanol–water partition coefficient (Wildman–Crippen LogP) is 1.60. The predicted molar refractivity (Wildman–Crippen MR) is 66.1 cm³/mol. The number of aliphatic hydroxyl groups is 2. The minimum absolute atomic E-state index is 0.135. The monoisotopic (exact) mass is 234 g/mol. The lowest BCUT2D eigenvalue weighted by Gasteiger charge is -2.11. The SMILES string of the molecule is CCC(C)(O)C#Cc1ccc(C#CCO)s1. The van der Waals surface area contributed by atoms with Crippen molar-refractivity contribution in [3.8, 4) is 23.7 Å². The van der Waals surface area contributed by atoms with Gasteiger partial charge in [-0.3, -0.25) is 0 Å². The van der Waals surface area contributed by atoms with Gasteiger partial charge in [-0.2, -0.15) is 0 Å². The van der Waals surface area contributed by atoms with Gasteiger partial charge in [0.1, 0.15) is 12.2 Å². The van der Waals surface area contributed by atoms with E-state index in [1.165, 1.54) is 11.3 Å². The van der Waals surface area contributed by atoms with Crippen molar-refractivity contribution in [3.63, 3.8) is 0 Å². The number of hydrogen-bond acceptors (Lipinski definition) is 3. The van der Waals surface area contributed by atoms with Gasteiger partial charge in [0.2, 0.25) is 0 Å². The summed E-state index contributed by atoms with van der Waals surface area (Å²) in [7, 11) is 0. The van der Waals surface area contributed by atoms with Crippen molar-refractivity contribution in [1.29, 1.82) is 0 Å². The van der Waals surface area contributed by atoms with Gasteiger partial charge in [0.25, 0.3) is 0 Å². The number of thiophene rings is 1. The normalized spacial score (nSPS) is 13.0. The van der Waals surface area contributed by atoms with Crippen molar-refractivity contribution < 1.29 is 10.2 Å². The molecule has 1 aromatic heterocycles. The van der Waals surface area contributed by atoms with Crippen LogP contribution < -0.4 is 0 Å². The Morgan fingerprint density at radius 2 is 1.94 bits per heavy atom. The van der Waals surface area contributed by atoms with E-state index in [2.05, 4.69) is 23.7 Å². The Hall–Kier alpha value is -1.26. The highest BCUT2D eigenvalue weighted by Gasteiger charge is 2.12. The highest BCUT2D eigenvalue weighted by atomic mass is 32.1. The lowest BCUT2D eigenvalue weighted by Crippen LogP contribution is -2.19. The van der Waals surface area contributed by atoms with Gasteiger partial charge in [-0.1, -0.05) is 30.6 Å². The summed E-state index contributed by atoms with van der Waals surface area (Å²) in [5, 5.41) is 18.2. The van der Waals surface area contributed by atoms with Gasteiger partial charge in [0, 0.05) is 0 Å². The summed E-state index contributed by atoms with van der Waals surface area (Å²) in [5.41, 5.74) is -0.930. The zero-order chi connectivity index (χ0) is 12.0. The molecule has 0 aromatic carbocycles. The number of aliphatic hydroxyl groups excluding tert-OH is 1. The van der Waals surface area contributed by atoms with Gasteiger partial charge < -0.3 is 10.2 Å². The van der Waals surface area contributed by atoms with Crippen molar-refractivity contribution in [2.75, 3.05) is 6.61 Å². The fourth-order valence-electron chi connectivity index (χ4n) is 0.884. The molecule has 0 amide bonds. The van der Waals surface area contributed by atoms with Gasteiger partial charge in [-0.05, 0) is 25.5 Å². The van der Waals surface area contributed by atoms with Crippen LogP contribution in [0.1, 0.15) is 30.0 Å². The van der Waals surface area contributed by atoms with Crippen LogP contribution in [-0.4, -0.2) is 22.4 Å². The third-order valence-corrected chi connectivity index (χ3v) is 2.96. The Labute approximate surface area is 99.9 Å². The molecule has 0 bridgehead atoms. The first-order valence-electron chi connectivity index (χ1n) is 5.02. The molecular formula is C13H14O2S. The molecule has 0 aliphatic rings. The molecule has 0 radical (unpaired) electrons. The quantitative estimate of drug-likeness (QED) is 0.725. The van der Waals surface area contributed by atoms with Gasteiger partial charge >= 0.3 is 0 Å². The van der Waals surface area contributed by atoms with E-state index in [0.717, 1.165) is 9.75 Å². The molecule has 0 spiro atoms. The standard InChI is InChI=1S/C13H14O2S/c1-3-13(2,15)9-8-12-7-6-11(16-12)5-4-10-14/h6-7,14-15H,3,10H2,1-2H3. The maximum absolute atomic E-state index is 9.70. The van der Waals surface area contributed by atoms with E-state index in [-0.39, 0.29) is 6.61 Å². The van der Waals surface area contributed by atoms with E-state index >= 15 is 0 Å². The molecule has 1 aromatic rings. The average Bonchev–Trinajstić information content (AvgIpc) is 2.72. The molecule has 84 valence electrons. The largest absolute Gasteiger partial charge is 0.384 e.